The van der Waals surface area contributed by atoms with Crippen molar-refractivity contribution in [3.63, 3.8) is 0 Å². The van der Waals surface area contributed by atoms with Crippen molar-refractivity contribution in [2.45, 2.75) is 14.0 Å². The molecule has 0 unspecified atom stereocenters. The number of nitrogens with one attached hydrogen (secondary N) is 1. The Kier molecular flexibility index (Phi) is 5.08. The third-order valence-electron chi connectivity index (χ3n) is 3.72. The molecule has 0 fully saturated rings. The second-order valence-corrected chi connectivity index (χ2v) is 9.51. The van der Waals surface area contributed by atoms with E-state index < -0.39 is 9.84 Å². The van der Waals surface area contributed by atoms with Crippen LogP contribution in [0.15, 0.2) is 68.6 Å². The molecule has 3 rings (SSSR count). The molecule has 0 radical (unpaired) electrons. The summed E-state index contributed by atoms with van der Waals surface area (Å²) >= 11 is 2.45. The van der Waals surface area contributed by atoms with Crippen molar-refractivity contribution in [3.8, 4) is 16.9 Å². The lowest BCUT2D eigenvalue weighted by Crippen LogP contribution is -2.08. The number of aromatic hydroxyl groups is 1. The first kappa shape index (κ1) is 18.5. The molecule has 0 saturated carbocycles. The average molecular weight is 405 g/mol. The zero-order valence-corrected chi connectivity index (χ0v) is 16.2. The molecule has 2 aromatic carbocycles. The Morgan fingerprint density at radius 3 is 2.42 bits per heavy atom. The SMILES string of the molecule is CSc1sc(C(=N)N)cc1S(=O)(=O)c1cc(O)cc(-c2ccccc2)c1. The van der Waals surface area contributed by atoms with E-state index in [1.807, 2.05) is 30.3 Å². The van der Waals surface area contributed by atoms with Crippen LogP contribution in [-0.4, -0.2) is 25.6 Å². The molecule has 0 aliphatic heterocycles. The number of sulfone groups is 1. The highest BCUT2D eigenvalue weighted by atomic mass is 32.2. The summed E-state index contributed by atoms with van der Waals surface area (Å²) in [6.07, 6.45) is 1.77. The molecule has 5 nitrogen and oxygen atoms in total. The summed E-state index contributed by atoms with van der Waals surface area (Å²) in [5.74, 6) is -0.301. The average Bonchev–Trinajstić information content (AvgIpc) is 3.07. The van der Waals surface area contributed by atoms with E-state index in [2.05, 4.69) is 0 Å². The maximum atomic E-state index is 13.2. The van der Waals surface area contributed by atoms with Crippen LogP contribution >= 0.6 is 23.1 Å². The van der Waals surface area contributed by atoms with Crippen molar-refractivity contribution in [3.05, 3.63) is 59.5 Å². The van der Waals surface area contributed by atoms with Gasteiger partial charge in [0.1, 0.15) is 11.6 Å². The molecule has 8 heteroatoms. The first-order valence-corrected chi connectivity index (χ1v) is 11.0. The Morgan fingerprint density at radius 2 is 1.81 bits per heavy atom. The number of phenols is 1. The largest absolute Gasteiger partial charge is 0.508 e. The quantitative estimate of drug-likeness (QED) is 0.339. The lowest BCUT2D eigenvalue weighted by Gasteiger charge is -2.09. The molecular weight excluding hydrogens is 388 g/mol. The predicted molar refractivity (Wildman–Crippen MR) is 106 cm³/mol. The van der Waals surface area contributed by atoms with Crippen LogP contribution in [-0.2, 0) is 9.84 Å². The summed E-state index contributed by atoms with van der Waals surface area (Å²) in [6.45, 7) is 0. The van der Waals surface area contributed by atoms with Gasteiger partial charge in [-0.15, -0.1) is 23.1 Å². The summed E-state index contributed by atoms with van der Waals surface area (Å²) in [6, 6.07) is 15.0. The summed E-state index contributed by atoms with van der Waals surface area (Å²) in [7, 11) is -3.87. The normalized spacial score (nSPS) is 11.4. The first-order chi connectivity index (χ1) is 12.3. The van der Waals surface area contributed by atoms with Crippen molar-refractivity contribution in [2.24, 2.45) is 5.73 Å². The summed E-state index contributed by atoms with van der Waals surface area (Å²) in [4.78, 5) is 0.501. The predicted octanol–water partition coefficient (Wildman–Crippen LogP) is 3.96. The number of phenolic OH excluding ortho intramolecular Hbond substituents is 1. The highest BCUT2D eigenvalue weighted by molar-refractivity contribution is 8.01. The number of amidine groups is 1. The molecule has 0 amide bonds. The number of benzene rings is 2. The molecule has 0 aliphatic carbocycles. The molecule has 1 heterocycles. The fraction of sp³-hybridized carbons (Fsp3) is 0.0556. The van der Waals surface area contributed by atoms with Gasteiger partial charge in [0.05, 0.1) is 18.9 Å². The van der Waals surface area contributed by atoms with E-state index in [0.29, 0.717) is 14.6 Å². The molecule has 3 aromatic rings. The molecule has 0 bridgehead atoms. The fourth-order valence-electron chi connectivity index (χ4n) is 2.48. The molecule has 1 aromatic heterocycles. The third-order valence-corrected chi connectivity index (χ3v) is 8.03. The smallest absolute Gasteiger partial charge is 0.208 e. The molecule has 0 spiro atoms. The highest BCUT2D eigenvalue weighted by Gasteiger charge is 2.26. The lowest BCUT2D eigenvalue weighted by molar-refractivity contribution is 0.473. The number of thiophene rings is 1. The van der Waals surface area contributed by atoms with Gasteiger partial charge in [0, 0.05) is 0 Å². The van der Waals surface area contributed by atoms with Gasteiger partial charge in [0.25, 0.3) is 0 Å². The van der Waals surface area contributed by atoms with Crippen molar-refractivity contribution in [1.29, 1.82) is 5.41 Å². The number of nitrogens with two attached hydrogens (primary N) is 1. The molecule has 0 saturated heterocycles. The maximum absolute atomic E-state index is 13.2. The van der Waals surface area contributed by atoms with Crippen LogP contribution < -0.4 is 5.73 Å². The number of hydrogen-bond donors (Lipinski definition) is 3. The van der Waals surface area contributed by atoms with Crippen LogP contribution in [0.1, 0.15) is 4.88 Å². The number of thioether (sulfide) groups is 1. The van der Waals surface area contributed by atoms with Crippen LogP contribution in [0.3, 0.4) is 0 Å². The third kappa shape index (κ3) is 3.48. The second kappa shape index (κ2) is 7.14. The fourth-order valence-corrected chi connectivity index (χ4v) is 6.40. The first-order valence-electron chi connectivity index (χ1n) is 7.49. The standard InChI is InChI=1S/C18H16N2O3S3/c1-24-18-16(10-15(25-18)17(19)20)26(22,23)14-8-12(7-13(21)9-14)11-5-3-2-4-6-11/h2-10,21H,1H3,(H3,19,20). The lowest BCUT2D eigenvalue weighted by atomic mass is 10.1. The van der Waals surface area contributed by atoms with Crippen LogP contribution in [0.2, 0.25) is 0 Å². The minimum absolute atomic E-state index is 0.000412. The van der Waals surface area contributed by atoms with Gasteiger partial charge in [0.15, 0.2) is 0 Å². The van der Waals surface area contributed by atoms with Gasteiger partial charge in [-0.1, -0.05) is 30.3 Å². The molecule has 26 heavy (non-hydrogen) atoms. The molecule has 0 atom stereocenters. The van der Waals surface area contributed by atoms with E-state index in [9.17, 15) is 13.5 Å². The van der Waals surface area contributed by atoms with E-state index in [1.165, 1.54) is 41.3 Å². The van der Waals surface area contributed by atoms with Gasteiger partial charge in [-0.3, -0.25) is 5.41 Å². The topological polar surface area (TPSA) is 104 Å². The van der Waals surface area contributed by atoms with Crippen molar-refractivity contribution in [1.82, 2.24) is 0 Å². The van der Waals surface area contributed by atoms with E-state index in [4.69, 9.17) is 11.1 Å². The zero-order valence-electron chi connectivity index (χ0n) is 13.8. The van der Waals surface area contributed by atoms with E-state index >= 15 is 0 Å². The maximum Gasteiger partial charge on any atom is 0.208 e. The summed E-state index contributed by atoms with van der Waals surface area (Å²) < 4.78 is 26.9. The monoisotopic (exact) mass is 404 g/mol. The Morgan fingerprint density at radius 1 is 1.12 bits per heavy atom. The number of nitrogen functional groups attached to an aromatic ring is 1. The van der Waals surface area contributed by atoms with Crippen molar-refractivity contribution < 1.29 is 13.5 Å². The zero-order chi connectivity index (χ0) is 18.9. The van der Waals surface area contributed by atoms with Gasteiger partial charge in [-0.05, 0) is 41.6 Å². The van der Waals surface area contributed by atoms with E-state index in [1.54, 1.807) is 12.3 Å². The van der Waals surface area contributed by atoms with Crippen LogP contribution in [0.5, 0.6) is 5.75 Å². The van der Waals surface area contributed by atoms with E-state index in [0.717, 1.165) is 5.56 Å². The van der Waals surface area contributed by atoms with Crippen LogP contribution in [0, 0.1) is 5.41 Å². The second-order valence-electron chi connectivity index (χ2n) is 5.47. The Hall–Kier alpha value is -2.29. The minimum atomic E-state index is -3.87. The number of hydrogen-bond acceptors (Lipinski definition) is 6. The summed E-state index contributed by atoms with van der Waals surface area (Å²) in [5.41, 5.74) is 6.92. The van der Waals surface area contributed by atoms with Gasteiger partial charge < -0.3 is 10.8 Å². The Balaban J connectivity index is 2.17. The highest BCUT2D eigenvalue weighted by Crippen LogP contribution is 2.38. The number of rotatable bonds is 5. The Labute approximate surface area is 159 Å². The molecular formula is C18H16N2O3S3. The van der Waals surface area contributed by atoms with Gasteiger partial charge in [0.2, 0.25) is 9.84 Å². The van der Waals surface area contributed by atoms with Crippen LogP contribution in [0.25, 0.3) is 11.1 Å². The molecule has 0 aliphatic rings. The molecule has 134 valence electrons. The summed E-state index contributed by atoms with van der Waals surface area (Å²) in [5, 5.41) is 17.6. The minimum Gasteiger partial charge on any atom is -0.508 e. The van der Waals surface area contributed by atoms with Crippen molar-refractivity contribution in [2.75, 3.05) is 6.26 Å². The van der Waals surface area contributed by atoms with Crippen molar-refractivity contribution >= 4 is 38.8 Å². The Bertz CT molecular complexity index is 1070. The van der Waals surface area contributed by atoms with Gasteiger partial charge in [-0.25, -0.2) is 8.42 Å². The molecule has 4 N–H and O–H groups in total. The van der Waals surface area contributed by atoms with Gasteiger partial charge in [-0.2, -0.15) is 0 Å². The van der Waals surface area contributed by atoms with E-state index in [-0.39, 0.29) is 21.4 Å². The van der Waals surface area contributed by atoms with Gasteiger partial charge >= 0.3 is 0 Å². The van der Waals surface area contributed by atoms with Crippen LogP contribution in [0.4, 0.5) is 0 Å².